The third-order valence-electron chi connectivity index (χ3n) is 4.21. The van der Waals surface area contributed by atoms with Crippen LogP contribution in [0.1, 0.15) is 25.7 Å². The number of amides is 1. The summed E-state index contributed by atoms with van der Waals surface area (Å²) in [4.78, 5) is 11.6. The molecule has 0 heterocycles. The lowest BCUT2D eigenvalue weighted by Crippen LogP contribution is -2.25. The van der Waals surface area contributed by atoms with Gasteiger partial charge in [-0.1, -0.05) is 12.2 Å². The molecule has 6 nitrogen and oxygen atoms in total. The monoisotopic (exact) mass is 330 g/mol. The smallest absolute Gasteiger partial charge is 0.418 e. The number of carbonyl (C=O) groups excluding carboxylic acids is 1. The van der Waals surface area contributed by atoms with E-state index >= 15 is 0 Å². The summed E-state index contributed by atoms with van der Waals surface area (Å²) in [5.41, 5.74) is 0. The van der Waals surface area contributed by atoms with Crippen LogP contribution in [-0.4, -0.2) is 44.2 Å². The van der Waals surface area contributed by atoms with Gasteiger partial charge >= 0.3 is 6.09 Å². The van der Waals surface area contributed by atoms with Gasteiger partial charge in [0.1, 0.15) is 0 Å². The highest BCUT2D eigenvalue weighted by molar-refractivity contribution is 7.96. The molecule has 0 aliphatic heterocycles. The molecule has 0 aromatic heterocycles. The van der Waals surface area contributed by atoms with Crippen LogP contribution in [0.3, 0.4) is 0 Å². The van der Waals surface area contributed by atoms with E-state index < -0.39 is 6.09 Å². The van der Waals surface area contributed by atoms with E-state index in [-0.39, 0.29) is 6.61 Å². The van der Waals surface area contributed by atoms with E-state index in [0.29, 0.717) is 32.3 Å². The molecule has 2 rings (SSSR count). The third-order valence-corrected chi connectivity index (χ3v) is 4.82. The van der Waals surface area contributed by atoms with Gasteiger partial charge < -0.3 is 14.6 Å². The zero-order chi connectivity index (χ0) is 15.6. The Balaban J connectivity index is 1.46. The molecule has 1 fully saturated rings. The Morgan fingerprint density at radius 2 is 1.95 bits per heavy atom. The molecule has 3 N–H and O–H groups in total. The zero-order valence-electron chi connectivity index (χ0n) is 12.8. The lowest BCUT2D eigenvalue weighted by atomic mass is 10.1. The van der Waals surface area contributed by atoms with Crippen molar-refractivity contribution >= 4 is 18.2 Å². The van der Waals surface area contributed by atoms with E-state index in [0.717, 1.165) is 36.8 Å². The van der Waals surface area contributed by atoms with Crippen LogP contribution in [0, 0.1) is 17.8 Å². The highest BCUT2D eigenvalue weighted by Crippen LogP contribution is 2.52. The number of rotatable bonds is 9. The summed E-state index contributed by atoms with van der Waals surface area (Å²) in [6.45, 7) is 1.97. The molecule has 1 saturated carbocycles. The summed E-state index contributed by atoms with van der Waals surface area (Å²) in [6.07, 6.45) is 8.90. The number of hydrogen-bond acceptors (Lipinski definition) is 6. The molecule has 22 heavy (non-hydrogen) atoms. The van der Waals surface area contributed by atoms with Crippen molar-refractivity contribution in [1.82, 2.24) is 9.44 Å². The number of aliphatic hydroxyl groups excluding tert-OH is 1. The van der Waals surface area contributed by atoms with Crippen LogP contribution in [0.5, 0.6) is 0 Å². The minimum atomic E-state index is -0.397. The Hall–Kier alpha value is -0.760. The van der Waals surface area contributed by atoms with Crippen molar-refractivity contribution in [3.63, 3.8) is 0 Å². The molecular weight excluding hydrogens is 304 g/mol. The third kappa shape index (κ3) is 6.16. The average Bonchev–Trinajstić information content (AvgIpc) is 3.14. The van der Waals surface area contributed by atoms with Crippen LogP contribution in [-0.2, 0) is 9.47 Å². The number of nitrogens with one attached hydrogen (secondary N) is 2. The second kappa shape index (κ2) is 10.1. The normalized spacial score (nSPS) is 28.1. The minimum Gasteiger partial charge on any atom is -0.449 e. The number of ether oxygens (including phenoxy) is 2. The van der Waals surface area contributed by atoms with Gasteiger partial charge in [0.05, 0.1) is 26.4 Å². The largest absolute Gasteiger partial charge is 0.449 e. The number of carbonyl (C=O) groups is 1. The Morgan fingerprint density at radius 1 is 1.23 bits per heavy atom. The Kier molecular flexibility index (Phi) is 8.07. The molecule has 1 amide bonds. The molecule has 0 aromatic carbocycles. The fourth-order valence-corrected chi connectivity index (χ4v) is 3.45. The van der Waals surface area contributed by atoms with Gasteiger partial charge in [0, 0.05) is 18.7 Å². The molecule has 2 aliphatic carbocycles. The molecule has 7 heteroatoms. The van der Waals surface area contributed by atoms with Crippen LogP contribution >= 0.6 is 12.1 Å². The van der Waals surface area contributed by atoms with Crippen molar-refractivity contribution in [3.05, 3.63) is 12.2 Å². The van der Waals surface area contributed by atoms with Crippen molar-refractivity contribution in [2.24, 2.45) is 17.8 Å². The lowest BCUT2D eigenvalue weighted by Gasteiger charge is -2.07. The first kappa shape index (κ1) is 17.6. The number of aliphatic hydroxyl groups is 1. The van der Waals surface area contributed by atoms with Crippen LogP contribution < -0.4 is 9.44 Å². The predicted molar refractivity (Wildman–Crippen MR) is 86.1 cm³/mol. The Bertz CT molecular complexity index is 351. The average molecular weight is 330 g/mol. The van der Waals surface area contributed by atoms with Gasteiger partial charge in [0.25, 0.3) is 0 Å². The van der Waals surface area contributed by atoms with Crippen LogP contribution in [0.4, 0.5) is 4.79 Å². The lowest BCUT2D eigenvalue weighted by molar-refractivity contribution is 0.0964. The summed E-state index contributed by atoms with van der Waals surface area (Å²) in [5.74, 6) is 2.04. The van der Waals surface area contributed by atoms with Crippen molar-refractivity contribution in [2.45, 2.75) is 25.7 Å². The van der Waals surface area contributed by atoms with Gasteiger partial charge in [-0.05, 0) is 43.4 Å². The SMILES string of the molecule is O=C(NSNCCOCCO)OC[C@@H]1[C@@H]2CC/C=C\CC[C@@H]21. The van der Waals surface area contributed by atoms with Gasteiger partial charge in [-0.2, -0.15) is 0 Å². The zero-order valence-corrected chi connectivity index (χ0v) is 13.6. The molecule has 0 spiro atoms. The molecule has 0 radical (unpaired) electrons. The van der Waals surface area contributed by atoms with E-state index in [2.05, 4.69) is 21.6 Å². The molecule has 0 bridgehead atoms. The molecule has 126 valence electrons. The van der Waals surface area contributed by atoms with Crippen LogP contribution in [0.2, 0.25) is 0 Å². The van der Waals surface area contributed by atoms with Crippen molar-refractivity contribution < 1.29 is 19.4 Å². The van der Waals surface area contributed by atoms with Crippen LogP contribution in [0.25, 0.3) is 0 Å². The fourth-order valence-electron chi connectivity index (χ4n) is 3.05. The van der Waals surface area contributed by atoms with E-state index in [4.69, 9.17) is 14.6 Å². The summed E-state index contributed by atoms with van der Waals surface area (Å²) in [6, 6.07) is 0. The van der Waals surface area contributed by atoms with Gasteiger partial charge in [-0.15, -0.1) is 0 Å². The summed E-state index contributed by atoms with van der Waals surface area (Å²) >= 11 is 1.10. The van der Waals surface area contributed by atoms with E-state index in [9.17, 15) is 4.79 Å². The maximum absolute atomic E-state index is 11.6. The maximum Gasteiger partial charge on any atom is 0.418 e. The molecule has 2 aliphatic rings. The Morgan fingerprint density at radius 3 is 2.64 bits per heavy atom. The topological polar surface area (TPSA) is 79.8 Å². The second-order valence-electron chi connectivity index (χ2n) is 5.65. The first-order valence-corrected chi connectivity index (χ1v) is 8.79. The number of allylic oxidation sites excluding steroid dienone is 2. The van der Waals surface area contributed by atoms with Crippen molar-refractivity contribution in [2.75, 3.05) is 33.0 Å². The molecule has 3 atom stereocenters. The van der Waals surface area contributed by atoms with Gasteiger partial charge in [0.2, 0.25) is 0 Å². The minimum absolute atomic E-state index is 0.0247. The quantitative estimate of drug-likeness (QED) is 0.340. The van der Waals surface area contributed by atoms with E-state index in [1.165, 1.54) is 12.8 Å². The molecule has 0 aromatic rings. The van der Waals surface area contributed by atoms with E-state index in [1.54, 1.807) is 0 Å². The summed E-state index contributed by atoms with van der Waals surface area (Å²) in [7, 11) is 0. The van der Waals surface area contributed by atoms with Gasteiger partial charge in [0.15, 0.2) is 0 Å². The highest BCUT2D eigenvalue weighted by Gasteiger charge is 2.49. The fraction of sp³-hybridized carbons (Fsp3) is 0.800. The molecule has 0 unspecified atom stereocenters. The summed E-state index contributed by atoms with van der Waals surface area (Å²) < 4.78 is 15.9. The maximum atomic E-state index is 11.6. The van der Waals surface area contributed by atoms with Gasteiger partial charge in [-0.3, -0.25) is 4.72 Å². The summed E-state index contributed by atoms with van der Waals surface area (Å²) in [5, 5.41) is 8.53. The second-order valence-corrected chi connectivity index (χ2v) is 6.35. The standard InChI is InChI=1S/C15H26N2O4S/c18-8-10-20-9-7-16-22-17-15(19)21-11-14-12-5-3-1-2-4-6-13(12)14/h1-2,12-14,16,18H,3-11H2,(H,17,19)/b2-1-/t12-,13+,14-. The molecular formula is C15H26N2O4S. The predicted octanol–water partition coefficient (Wildman–Crippen LogP) is 1.87. The van der Waals surface area contributed by atoms with Gasteiger partial charge in [-0.25, -0.2) is 9.52 Å². The van der Waals surface area contributed by atoms with E-state index in [1.807, 2.05) is 0 Å². The van der Waals surface area contributed by atoms with Crippen LogP contribution in [0.15, 0.2) is 12.2 Å². The first-order chi connectivity index (χ1) is 10.8. The molecule has 0 saturated heterocycles. The first-order valence-electron chi connectivity index (χ1n) is 7.98. The highest BCUT2D eigenvalue weighted by atomic mass is 32.2. The number of hydrogen-bond donors (Lipinski definition) is 3. The van der Waals surface area contributed by atoms with Crippen molar-refractivity contribution in [1.29, 1.82) is 0 Å². The van der Waals surface area contributed by atoms with Crippen molar-refractivity contribution in [3.8, 4) is 0 Å². The number of fused-ring (bicyclic) bond motifs is 1. The Labute approximate surface area is 136 Å².